The summed E-state index contributed by atoms with van der Waals surface area (Å²) in [7, 11) is 1.69. The van der Waals surface area contributed by atoms with E-state index in [0.717, 1.165) is 16.7 Å². The first-order chi connectivity index (χ1) is 13.9. The number of nitrogens with one attached hydrogen (secondary N) is 2. The first-order valence-electron chi connectivity index (χ1n) is 9.43. The van der Waals surface area contributed by atoms with Crippen molar-refractivity contribution in [1.29, 1.82) is 0 Å². The van der Waals surface area contributed by atoms with Crippen LogP contribution in [0.5, 0.6) is 0 Å². The molecule has 2 aromatic heterocycles. The molecule has 1 unspecified atom stereocenters. The second-order valence-corrected chi connectivity index (χ2v) is 7.19. The van der Waals surface area contributed by atoms with E-state index in [1.807, 2.05) is 19.1 Å². The molecule has 2 amide bonds. The van der Waals surface area contributed by atoms with E-state index in [4.69, 9.17) is 0 Å². The highest BCUT2D eigenvalue weighted by molar-refractivity contribution is 5.94. The van der Waals surface area contributed by atoms with E-state index in [2.05, 4.69) is 15.3 Å². The number of aryl methyl sites for hydroxylation is 1. The highest BCUT2D eigenvalue weighted by Crippen LogP contribution is 2.29. The van der Waals surface area contributed by atoms with Crippen molar-refractivity contribution in [2.45, 2.75) is 25.8 Å². The lowest BCUT2D eigenvalue weighted by atomic mass is 10.0. The van der Waals surface area contributed by atoms with Gasteiger partial charge in [0.05, 0.1) is 6.04 Å². The van der Waals surface area contributed by atoms with Crippen molar-refractivity contribution in [2.24, 2.45) is 0 Å². The number of carbonyl (C=O) groups is 2. The van der Waals surface area contributed by atoms with Crippen LogP contribution in [-0.2, 0) is 16.0 Å². The number of hydrogen-bond donors (Lipinski definition) is 2. The average Bonchev–Trinajstić information content (AvgIpc) is 3.16. The lowest BCUT2D eigenvalue weighted by molar-refractivity contribution is -0.126. The number of anilines is 1. The van der Waals surface area contributed by atoms with Crippen molar-refractivity contribution >= 4 is 34.6 Å². The highest BCUT2D eigenvalue weighted by atomic mass is 19.1. The molecule has 1 aromatic carbocycles. The Balaban J connectivity index is 1.51. The number of nitrogens with zero attached hydrogens (tertiary/aromatic N) is 2. The number of aromatic amines is 1. The summed E-state index contributed by atoms with van der Waals surface area (Å²) in [5.74, 6) is 0.0352. The molecule has 0 spiro atoms. The Kier molecular flexibility index (Phi) is 4.88. The number of hydrogen-bond acceptors (Lipinski definition) is 3. The van der Waals surface area contributed by atoms with Crippen molar-refractivity contribution in [2.75, 3.05) is 12.4 Å². The number of carbonyl (C=O) groups excluding carboxylic acids is 2. The predicted molar refractivity (Wildman–Crippen MR) is 110 cm³/mol. The molecule has 148 valence electrons. The molecule has 2 N–H and O–H groups in total. The molecular formula is C22H21FN4O2. The van der Waals surface area contributed by atoms with Crippen LogP contribution in [0.1, 0.15) is 36.1 Å². The lowest BCUT2D eigenvalue weighted by Gasteiger charge is -2.23. The van der Waals surface area contributed by atoms with Gasteiger partial charge in [-0.3, -0.25) is 9.59 Å². The molecule has 0 saturated carbocycles. The van der Waals surface area contributed by atoms with Gasteiger partial charge in [0, 0.05) is 48.4 Å². The summed E-state index contributed by atoms with van der Waals surface area (Å²) in [6, 6.07) is 6.48. The second kappa shape index (κ2) is 7.50. The maximum Gasteiger partial charge on any atom is 0.246 e. The van der Waals surface area contributed by atoms with E-state index in [9.17, 15) is 14.0 Å². The smallest absolute Gasteiger partial charge is 0.246 e. The average molecular weight is 392 g/mol. The summed E-state index contributed by atoms with van der Waals surface area (Å²) in [5.41, 5.74) is 3.17. The first-order valence-corrected chi connectivity index (χ1v) is 9.43. The molecule has 0 aliphatic carbocycles. The van der Waals surface area contributed by atoms with Crippen molar-refractivity contribution < 1.29 is 14.0 Å². The van der Waals surface area contributed by atoms with Crippen molar-refractivity contribution in [3.63, 3.8) is 0 Å². The summed E-state index contributed by atoms with van der Waals surface area (Å²) in [6.45, 7) is 1.87. The first kappa shape index (κ1) is 18.9. The van der Waals surface area contributed by atoms with Crippen LogP contribution in [0, 0.1) is 5.82 Å². The number of rotatable bonds is 4. The minimum absolute atomic E-state index is 0.0344. The van der Waals surface area contributed by atoms with Gasteiger partial charge in [-0.1, -0.05) is 6.07 Å². The van der Waals surface area contributed by atoms with Crippen LogP contribution < -0.4 is 5.32 Å². The third kappa shape index (κ3) is 3.63. The van der Waals surface area contributed by atoms with Gasteiger partial charge in [-0.05, 0) is 48.7 Å². The Labute approximate surface area is 167 Å². The summed E-state index contributed by atoms with van der Waals surface area (Å²) in [6.07, 6.45) is 7.60. The van der Waals surface area contributed by atoms with E-state index < -0.39 is 0 Å². The van der Waals surface area contributed by atoms with E-state index in [1.165, 1.54) is 12.1 Å². The molecule has 7 heteroatoms. The SMILES string of the molecule is CC(c1c[nH]c2cccc(F)c12)N(C)C(=O)C=Cc1cnc2c(c1)CCC(=O)N2. The monoisotopic (exact) mass is 392 g/mol. The Morgan fingerprint density at radius 3 is 3.00 bits per heavy atom. The quantitative estimate of drug-likeness (QED) is 0.663. The van der Waals surface area contributed by atoms with Crippen LogP contribution in [-0.4, -0.2) is 33.7 Å². The molecule has 3 heterocycles. The summed E-state index contributed by atoms with van der Waals surface area (Å²) >= 11 is 0. The van der Waals surface area contributed by atoms with E-state index in [-0.39, 0.29) is 23.7 Å². The molecule has 29 heavy (non-hydrogen) atoms. The maximum atomic E-state index is 14.3. The fourth-order valence-corrected chi connectivity index (χ4v) is 3.55. The second-order valence-electron chi connectivity index (χ2n) is 7.19. The number of likely N-dealkylation sites (N-methyl/N-ethyl adjacent to an activating group) is 1. The van der Waals surface area contributed by atoms with Crippen molar-refractivity contribution in [1.82, 2.24) is 14.9 Å². The van der Waals surface area contributed by atoms with Crippen LogP contribution >= 0.6 is 0 Å². The molecule has 1 aliphatic rings. The Morgan fingerprint density at radius 1 is 1.34 bits per heavy atom. The Hall–Kier alpha value is -3.48. The molecule has 0 radical (unpaired) electrons. The lowest BCUT2D eigenvalue weighted by Crippen LogP contribution is -2.27. The standard InChI is InChI=1S/C22H21FN4O2/c1-13(16-12-24-18-5-3-4-17(23)21(16)18)27(2)20(29)9-6-14-10-15-7-8-19(28)26-22(15)25-11-14/h3-6,9-13,24H,7-8H2,1-2H3,(H,25,26,28). The minimum atomic E-state index is -0.311. The number of amides is 2. The normalized spacial score (nSPS) is 14.7. The predicted octanol–water partition coefficient (Wildman–Crippen LogP) is 3.82. The van der Waals surface area contributed by atoms with Gasteiger partial charge in [0.25, 0.3) is 0 Å². The van der Waals surface area contributed by atoms with Gasteiger partial charge in [-0.2, -0.15) is 0 Å². The molecule has 0 saturated heterocycles. The molecule has 6 nitrogen and oxygen atoms in total. The fourth-order valence-electron chi connectivity index (χ4n) is 3.55. The van der Waals surface area contributed by atoms with Gasteiger partial charge in [0.15, 0.2) is 0 Å². The number of pyridine rings is 1. The summed E-state index contributed by atoms with van der Waals surface area (Å²) in [4.78, 5) is 33.0. The summed E-state index contributed by atoms with van der Waals surface area (Å²) < 4.78 is 14.3. The molecule has 3 aromatic rings. The summed E-state index contributed by atoms with van der Waals surface area (Å²) in [5, 5.41) is 3.24. The number of benzene rings is 1. The number of halogens is 1. The van der Waals surface area contributed by atoms with E-state index in [0.29, 0.717) is 29.6 Å². The van der Waals surface area contributed by atoms with Gasteiger partial charge in [-0.25, -0.2) is 9.37 Å². The Morgan fingerprint density at radius 2 is 2.17 bits per heavy atom. The van der Waals surface area contributed by atoms with Gasteiger partial charge in [-0.15, -0.1) is 0 Å². The number of H-pyrrole nitrogens is 1. The largest absolute Gasteiger partial charge is 0.361 e. The molecule has 1 aliphatic heterocycles. The van der Waals surface area contributed by atoms with Gasteiger partial charge >= 0.3 is 0 Å². The van der Waals surface area contributed by atoms with Crippen LogP contribution in [0.4, 0.5) is 10.2 Å². The van der Waals surface area contributed by atoms with Crippen molar-refractivity contribution in [3.8, 4) is 0 Å². The molecule has 0 bridgehead atoms. The van der Waals surface area contributed by atoms with Crippen LogP contribution in [0.3, 0.4) is 0 Å². The number of aromatic nitrogens is 2. The van der Waals surface area contributed by atoms with Crippen LogP contribution in [0.2, 0.25) is 0 Å². The molecule has 0 fully saturated rings. The van der Waals surface area contributed by atoms with Crippen molar-refractivity contribution in [3.05, 3.63) is 65.2 Å². The minimum Gasteiger partial charge on any atom is -0.361 e. The van der Waals surface area contributed by atoms with Gasteiger partial charge in [0.1, 0.15) is 11.6 Å². The van der Waals surface area contributed by atoms with Crippen LogP contribution in [0.25, 0.3) is 17.0 Å². The van der Waals surface area contributed by atoms with E-state index >= 15 is 0 Å². The third-order valence-corrected chi connectivity index (χ3v) is 5.35. The maximum absolute atomic E-state index is 14.3. The van der Waals surface area contributed by atoms with E-state index in [1.54, 1.807) is 36.5 Å². The zero-order chi connectivity index (χ0) is 20.5. The fraction of sp³-hybridized carbons (Fsp3) is 0.227. The van der Waals surface area contributed by atoms with Gasteiger partial charge < -0.3 is 15.2 Å². The van der Waals surface area contributed by atoms with Crippen LogP contribution in [0.15, 0.2) is 42.7 Å². The zero-order valence-electron chi connectivity index (χ0n) is 16.2. The van der Waals surface area contributed by atoms with Gasteiger partial charge in [0.2, 0.25) is 11.8 Å². The number of fused-ring (bicyclic) bond motifs is 2. The highest BCUT2D eigenvalue weighted by Gasteiger charge is 2.21. The molecular weight excluding hydrogens is 371 g/mol. The Bertz CT molecular complexity index is 1140. The molecule has 1 atom stereocenters. The molecule has 4 rings (SSSR count). The topological polar surface area (TPSA) is 78.1 Å². The zero-order valence-corrected chi connectivity index (χ0v) is 16.2. The third-order valence-electron chi connectivity index (χ3n) is 5.35.